The van der Waals surface area contributed by atoms with E-state index in [-0.39, 0.29) is 17.0 Å². The predicted octanol–water partition coefficient (Wildman–Crippen LogP) is 1.02. The molecule has 1 atom stereocenters. The standard InChI is InChI=1S/C12H16N2O3S/c1-7-5-9(8(2)17-7)12(15)14-3-4-16-10(6-14)11(13)18/h5,10H,3-4,6H2,1-2H3,(H2,13,18). The van der Waals surface area contributed by atoms with E-state index in [0.717, 1.165) is 5.76 Å². The Balaban J connectivity index is 2.14. The third kappa shape index (κ3) is 2.54. The van der Waals surface area contributed by atoms with Crippen molar-refractivity contribution in [2.75, 3.05) is 19.7 Å². The first kappa shape index (κ1) is 13.0. The number of nitrogens with zero attached hydrogens (tertiary/aromatic N) is 1. The fourth-order valence-electron chi connectivity index (χ4n) is 2.02. The van der Waals surface area contributed by atoms with Crippen molar-refractivity contribution >= 4 is 23.1 Å². The van der Waals surface area contributed by atoms with Crippen LogP contribution >= 0.6 is 12.2 Å². The summed E-state index contributed by atoms with van der Waals surface area (Å²) in [5, 5.41) is 0. The van der Waals surface area contributed by atoms with Crippen molar-refractivity contribution in [3.8, 4) is 0 Å². The zero-order valence-corrected chi connectivity index (χ0v) is 11.3. The van der Waals surface area contributed by atoms with E-state index in [1.807, 2.05) is 6.92 Å². The van der Waals surface area contributed by atoms with Crippen molar-refractivity contribution < 1.29 is 13.9 Å². The zero-order valence-electron chi connectivity index (χ0n) is 10.4. The molecule has 0 spiro atoms. The van der Waals surface area contributed by atoms with Gasteiger partial charge in [0.1, 0.15) is 22.6 Å². The molecule has 1 aliphatic heterocycles. The van der Waals surface area contributed by atoms with E-state index in [1.54, 1.807) is 17.9 Å². The molecule has 2 rings (SSSR count). The maximum absolute atomic E-state index is 12.3. The van der Waals surface area contributed by atoms with Crippen LogP contribution < -0.4 is 5.73 Å². The molecule has 1 aromatic heterocycles. The highest BCUT2D eigenvalue weighted by atomic mass is 32.1. The molecule has 18 heavy (non-hydrogen) atoms. The van der Waals surface area contributed by atoms with Gasteiger partial charge in [-0.15, -0.1) is 0 Å². The zero-order chi connectivity index (χ0) is 13.3. The molecule has 1 amide bonds. The number of thiocarbonyl (C=S) groups is 1. The highest BCUT2D eigenvalue weighted by molar-refractivity contribution is 7.80. The van der Waals surface area contributed by atoms with Crippen LogP contribution in [0.15, 0.2) is 10.5 Å². The highest BCUT2D eigenvalue weighted by Crippen LogP contribution is 2.17. The van der Waals surface area contributed by atoms with E-state index in [4.69, 9.17) is 27.1 Å². The van der Waals surface area contributed by atoms with Crippen molar-refractivity contribution in [3.05, 3.63) is 23.2 Å². The normalized spacial score (nSPS) is 19.9. The van der Waals surface area contributed by atoms with E-state index in [0.29, 0.717) is 31.0 Å². The van der Waals surface area contributed by atoms with E-state index in [9.17, 15) is 4.79 Å². The van der Waals surface area contributed by atoms with Gasteiger partial charge in [0.25, 0.3) is 5.91 Å². The summed E-state index contributed by atoms with van der Waals surface area (Å²) in [6.45, 7) is 5.00. The summed E-state index contributed by atoms with van der Waals surface area (Å²) in [6, 6.07) is 1.75. The van der Waals surface area contributed by atoms with Gasteiger partial charge in [-0.2, -0.15) is 0 Å². The van der Waals surface area contributed by atoms with Crippen LogP contribution in [0.3, 0.4) is 0 Å². The van der Waals surface area contributed by atoms with Crippen molar-refractivity contribution in [1.82, 2.24) is 4.90 Å². The maximum Gasteiger partial charge on any atom is 0.257 e. The summed E-state index contributed by atoms with van der Waals surface area (Å²) in [4.78, 5) is 14.3. The molecule has 1 fully saturated rings. The molecule has 5 nitrogen and oxygen atoms in total. The van der Waals surface area contributed by atoms with Gasteiger partial charge < -0.3 is 19.8 Å². The van der Waals surface area contributed by atoms with Crippen LogP contribution in [0.1, 0.15) is 21.9 Å². The number of aryl methyl sites for hydroxylation is 2. The summed E-state index contributed by atoms with van der Waals surface area (Å²) in [5.74, 6) is 1.31. The van der Waals surface area contributed by atoms with Crippen LogP contribution in [0.25, 0.3) is 0 Å². The number of amides is 1. The third-order valence-electron chi connectivity index (χ3n) is 2.94. The molecular weight excluding hydrogens is 252 g/mol. The van der Waals surface area contributed by atoms with Gasteiger partial charge in [0.2, 0.25) is 0 Å². The van der Waals surface area contributed by atoms with Crippen molar-refractivity contribution in [2.45, 2.75) is 20.0 Å². The SMILES string of the molecule is Cc1cc(C(=O)N2CCOC(C(N)=S)C2)c(C)o1. The van der Waals surface area contributed by atoms with Crippen LogP contribution in [0.2, 0.25) is 0 Å². The number of ether oxygens (including phenoxy) is 1. The number of furan rings is 1. The molecule has 1 aliphatic rings. The Morgan fingerprint density at radius 1 is 1.56 bits per heavy atom. The molecule has 0 aliphatic carbocycles. The third-order valence-corrected chi connectivity index (χ3v) is 3.21. The molecule has 1 aromatic rings. The Bertz CT molecular complexity index is 484. The van der Waals surface area contributed by atoms with Gasteiger partial charge in [-0.1, -0.05) is 12.2 Å². The average Bonchev–Trinajstić information content (AvgIpc) is 2.67. The van der Waals surface area contributed by atoms with Crippen LogP contribution in [0.5, 0.6) is 0 Å². The predicted molar refractivity (Wildman–Crippen MR) is 70.6 cm³/mol. The van der Waals surface area contributed by atoms with Crippen LogP contribution in [0.4, 0.5) is 0 Å². The molecule has 1 saturated heterocycles. The number of carbonyl (C=O) groups excluding carboxylic acids is 1. The molecule has 6 heteroatoms. The van der Waals surface area contributed by atoms with Crippen LogP contribution in [0, 0.1) is 13.8 Å². The van der Waals surface area contributed by atoms with Crippen LogP contribution in [-0.2, 0) is 4.74 Å². The Kier molecular flexibility index (Phi) is 3.68. The highest BCUT2D eigenvalue weighted by Gasteiger charge is 2.28. The van der Waals surface area contributed by atoms with Gasteiger partial charge in [0.05, 0.1) is 18.7 Å². The van der Waals surface area contributed by atoms with Gasteiger partial charge in [-0.05, 0) is 19.9 Å². The molecule has 2 N–H and O–H groups in total. The summed E-state index contributed by atoms with van der Waals surface area (Å²) >= 11 is 4.90. The number of morpholine rings is 1. The lowest BCUT2D eigenvalue weighted by atomic mass is 10.2. The lowest BCUT2D eigenvalue weighted by Crippen LogP contribution is -2.49. The largest absolute Gasteiger partial charge is 0.466 e. The van der Waals surface area contributed by atoms with Crippen molar-refractivity contribution in [2.24, 2.45) is 5.73 Å². The molecule has 0 saturated carbocycles. The fraction of sp³-hybridized carbons (Fsp3) is 0.500. The monoisotopic (exact) mass is 268 g/mol. The van der Waals surface area contributed by atoms with Crippen molar-refractivity contribution in [1.29, 1.82) is 0 Å². The number of hydrogen-bond acceptors (Lipinski definition) is 4. The minimum Gasteiger partial charge on any atom is -0.466 e. The Labute approximate surface area is 111 Å². The van der Waals surface area contributed by atoms with Gasteiger partial charge in [-0.3, -0.25) is 4.79 Å². The van der Waals surface area contributed by atoms with E-state index >= 15 is 0 Å². The molecule has 2 heterocycles. The quantitative estimate of drug-likeness (QED) is 0.811. The molecule has 0 radical (unpaired) electrons. The summed E-state index contributed by atoms with van der Waals surface area (Å²) < 4.78 is 10.8. The molecule has 0 bridgehead atoms. The molecule has 1 unspecified atom stereocenters. The van der Waals surface area contributed by atoms with Gasteiger partial charge in [-0.25, -0.2) is 0 Å². The Morgan fingerprint density at radius 3 is 2.83 bits per heavy atom. The Morgan fingerprint density at radius 2 is 2.28 bits per heavy atom. The number of rotatable bonds is 2. The van der Waals surface area contributed by atoms with Gasteiger partial charge in [0.15, 0.2) is 0 Å². The molecule has 0 aromatic carbocycles. The van der Waals surface area contributed by atoms with E-state index < -0.39 is 0 Å². The van der Waals surface area contributed by atoms with E-state index in [2.05, 4.69) is 0 Å². The summed E-state index contributed by atoms with van der Waals surface area (Å²) in [5.41, 5.74) is 6.15. The van der Waals surface area contributed by atoms with Gasteiger partial charge >= 0.3 is 0 Å². The van der Waals surface area contributed by atoms with E-state index in [1.165, 1.54) is 0 Å². The summed E-state index contributed by atoms with van der Waals surface area (Å²) in [7, 11) is 0. The molecule has 98 valence electrons. The number of hydrogen-bond donors (Lipinski definition) is 1. The average molecular weight is 268 g/mol. The lowest BCUT2D eigenvalue weighted by molar-refractivity contribution is 0.00870. The second-order valence-electron chi connectivity index (χ2n) is 4.34. The number of nitrogens with two attached hydrogens (primary N) is 1. The summed E-state index contributed by atoms with van der Waals surface area (Å²) in [6.07, 6.45) is -0.356. The number of carbonyl (C=O) groups is 1. The first-order chi connectivity index (χ1) is 8.49. The first-order valence-electron chi connectivity index (χ1n) is 5.76. The molecular formula is C12H16N2O3S. The second-order valence-corrected chi connectivity index (χ2v) is 4.81. The first-order valence-corrected chi connectivity index (χ1v) is 6.17. The topological polar surface area (TPSA) is 68.7 Å². The van der Waals surface area contributed by atoms with Gasteiger partial charge in [0, 0.05) is 6.54 Å². The van der Waals surface area contributed by atoms with Crippen LogP contribution in [-0.4, -0.2) is 41.6 Å². The lowest BCUT2D eigenvalue weighted by Gasteiger charge is -2.32. The fourth-order valence-corrected chi connectivity index (χ4v) is 2.16. The second kappa shape index (κ2) is 5.07. The maximum atomic E-state index is 12.3. The minimum absolute atomic E-state index is 0.0612. The van der Waals surface area contributed by atoms with Crippen molar-refractivity contribution in [3.63, 3.8) is 0 Å². The smallest absolute Gasteiger partial charge is 0.257 e. The Hall–Kier alpha value is -1.40. The minimum atomic E-state index is -0.356.